The zero-order valence-electron chi connectivity index (χ0n) is 15.7. The predicted molar refractivity (Wildman–Crippen MR) is 89.2 cm³/mol. The van der Waals surface area contributed by atoms with Gasteiger partial charge in [-0.25, -0.2) is 4.79 Å². The number of methoxy groups -OCH3 is 1. The van der Waals surface area contributed by atoms with Crippen LogP contribution < -0.4 is 5.32 Å². The molecule has 0 aliphatic carbocycles. The summed E-state index contributed by atoms with van der Waals surface area (Å²) in [5.74, 6) is 0. The molecule has 0 radical (unpaired) electrons. The lowest BCUT2D eigenvalue weighted by Crippen LogP contribution is -2.35. The van der Waals surface area contributed by atoms with E-state index < -0.39 is 0 Å². The van der Waals surface area contributed by atoms with Crippen molar-refractivity contribution in [1.29, 1.82) is 0 Å². The van der Waals surface area contributed by atoms with Gasteiger partial charge in [-0.15, -0.1) is 0 Å². The topological polar surface area (TPSA) is 56.8 Å². The number of amides is 1. The van der Waals surface area contributed by atoms with Gasteiger partial charge in [-0.1, -0.05) is 20.8 Å². The second-order valence-electron chi connectivity index (χ2n) is 8.14. The molecule has 0 bridgehead atoms. The van der Waals surface area contributed by atoms with Gasteiger partial charge in [-0.05, 0) is 46.0 Å². The van der Waals surface area contributed by atoms with Gasteiger partial charge < -0.3 is 19.5 Å². The van der Waals surface area contributed by atoms with Gasteiger partial charge in [-0.3, -0.25) is 0 Å². The summed E-state index contributed by atoms with van der Waals surface area (Å²) in [7, 11) is 1.71. The van der Waals surface area contributed by atoms with Crippen LogP contribution in [0.3, 0.4) is 0 Å². The molecule has 0 unspecified atom stereocenters. The van der Waals surface area contributed by atoms with E-state index in [-0.39, 0.29) is 22.7 Å². The minimum atomic E-state index is -0.369. The first-order chi connectivity index (χ1) is 9.87. The average Bonchev–Trinajstić information content (AvgIpc) is 2.35. The largest absolute Gasteiger partial charge is 0.449 e. The molecule has 5 heteroatoms. The van der Waals surface area contributed by atoms with Gasteiger partial charge in [0.2, 0.25) is 0 Å². The summed E-state index contributed by atoms with van der Waals surface area (Å²) in [6.07, 6.45) is 1.19. The molecule has 5 nitrogen and oxygen atoms in total. The molecule has 0 aromatic rings. The van der Waals surface area contributed by atoms with Gasteiger partial charge in [0.1, 0.15) is 0 Å². The van der Waals surface area contributed by atoms with E-state index in [1.54, 1.807) is 7.11 Å². The van der Waals surface area contributed by atoms with Crippen LogP contribution in [0, 0.1) is 5.41 Å². The molecule has 0 aromatic heterocycles. The summed E-state index contributed by atoms with van der Waals surface area (Å²) in [6.45, 7) is 15.8. The molecule has 0 aliphatic heterocycles. The Morgan fingerprint density at radius 1 is 0.955 bits per heavy atom. The second kappa shape index (κ2) is 8.73. The summed E-state index contributed by atoms with van der Waals surface area (Å²) >= 11 is 0. The number of nitrogens with one attached hydrogen (secondary N) is 1. The van der Waals surface area contributed by atoms with Crippen molar-refractivity contribution in [2.75, 3.05) is 26.9 Å². The normalized spacial score (nSPS) is 13.1. The van der Waals surface area contributed by atoms with Crippen LogP contribution in [0.15, 0.2) is 0 Å². The van der Waals surface area contributed by atoms with E-state index in [2.05, 4.69) is 5.32 Å². The molecule has 0 rings (SSSR count). The Morgan fingerprint density at radius 2 is 1.55 bits per heavy atom. The van der Waals surface area contributed by atoms with Crippen LogP contribution in [-0.2, 0) is 14.2 Å². The zero-order valence-corrected chi connectivity index (χ0v) is 15.7. The molecule has 132 valence electrons. The average molecular weight is 317 g/mol. The molecule has 22 heavy (non-hydrogen) atoms. The third-order valence-corrected chi connectivity index (χ3v) is 3.38. The fourth-order valence-electron chi connectivity index (χ4n) is 1.55. The quantitative estimate of drug-likeness (QED) is 0.703. The number of carbonyl (C=O) groups is 1. The molecule has 0 saturated heterocycles. The number of carbonyl (C=O) groups excluding carboxylic acids is 1. The third-order valence-electron chi connectivity index (χ3n) is 3.38. The van der Waals surface area contributed by atoms with E-state index in [9.17, 15) is 4.79 Å². The van der Waals surface area contributed by atoms with E-state index in [1.165, 1.54) is 0 Å². The van der Waals surface area contributed by atoms with Crippen molar-refractivity contribution in [2.45, 2.75) is 72.5 Å². The lowest BCUT2D eigenvalue weighted by atomic mass is 9.99. The van der Waals surface area contributed by atoms with Crippen LogP contribution in [0.5, 0.6) is 0 Å². The number of hydrogen-bond acceptors (Lipinski definition) is 4. The van der Waals surface area contributed by atoms with Gasteiger partial charge in [0.15, 0.2) is 0 Å². The van der Waals surface area contributed by atoms with Crippen LogP contribution in [0.1, 0.15) is 61.3 Å². The Hall–Kier alpha value is -0.810. The van der Waals surface area contributed by atoms with E-state index in [0.29, 0.717) is 19.8 Å². The Bertz CT molecular complexity index is 332. The minimum Gasteiger partial charge on any atom is -0.449 e. The molecule has 0 fully saturated rings. The SMILES string of the molecule is COC(C)(C)CCOC(C)(C)CCNC(=O)OCC(C)(C)C. The van der Waals surface area contributed by atoms with Crippen molar-refractivity contribution in [1.82, 2.24) is 5.32 Å². The first kappa shape index (κ1) is 21.2. The molecule has 0 saturated carbocycles. The maximum absolute atomic E-state index is 11.6. The Morgan fingerprint density at radius 3 is 2.05 bits per heavy atom. The predicted octanol–water partition coefficient (Wildman–Crippen LogP) is 3.76. The van der Waals surface area contributed by atoms with Gasteiger partial charge >= 0.3 is 6.09 Å². The molecule has 1 amide bonds. The fourth-order valence-corrected chi connectivity index (χ4v) is 1.55. The highest BCUT2D eigenvalue weighted by atomic mass is 16.5. The molecular formula is C17H35NO4. The van der Waals surface area contributed by atoms with Crippen LogP contribution >= 0.6 is 0 Å². The maximum Gasteiger partial charge on any atom is 0.407 e. The summed E-state index contributed by atoms with van der Waals surface area (Å²) in [6, 6.07) is 0. The third kappa shape index (κ3) is 11.8. The number of alkyl carbamates (subject to hydrolysis) is 1. The second-order valence-corrected chi connectivity index (χ2v) is 8.14. The Kier molecular flexibility index (Phi) is 8.40. The van der Waals surface area contributed by atoms with E-state index in [0.717, 1.165) is 12.8 Å². The molecular weight excluding hydrogens is 282 g/mol. The Labute approximate surface area is 136 Å². The first-order valence-corrected chi connectivity index (χ1v) is 7.97. The van der Waals surface area contributed by atoms with Gasteiger partial charge in [0, 0.05) is 13.7 Å². The lowest BCUT2D eigenvalue weighted by molar-refractivity contribution is -0.0606. The smallest absolute Gasteiger partial charge is 0.407 e. The van der Waals surface area contributed by atoms with Crippen molar-refractivity contribution in [3.63, 3.8) is 0 Å². The molecule has 1 N–H and O–H groups in total. The van der Waals surface area contributed by atoms with Crippen molar-refractivity contribution >= 4 is 6.09 Å². The lowest BCUT2D eigenvalue weighted by Gasteiger charge is -2.29. The molecule has 0 heterocycles. The summed E-state index contributed by atoms with van der Waals surface area (Å²) in [5, 5.41) is 2.76. The monoisotopic (exact) mass is 317 g/mol. The van der Waals surface area contributed by atoms with Crippen molar-refractivity contribution in [3.05, 3.63) is 0 Å². The van der Waals surface area contributed by atoms with Crippen LogP contribution in [0.25, 0.3) is 0 Å². The standard InChI is InChI=1S/C17H35NO4/c1-15(2,3)13-21-14(19)18-11-9-17(6,7)22-12-10-16(4,5)20-8/h9-13H2,1-8H3,(H,18,19). The molecule has 0 spiro atoms. The van der Waals surface area contributed by atoms with E-state index >= 15 is 0 Å². The number of rotatable bonds is 9. The number of hydrogen-bond donors (Lipinski definition) is 1. The van der Waals surface area contributed by atoms with Crippen molar-refractivity contribution in [3.8, 4) is 0 Å². The molecule has 0 aliphatic rings. The number of ether oxygens (including phenoxy) is 3. The van der Waals surface area contributed by atoms with E-state index in [4.69, 9.17) is 14.2 Å². The summed E-state index contributed by atoms with van der Waals surface area (Å²) < 4.78 is 16.4. The van der Waals surface area contributed by atoms with Gasteiger partial charge in [-0.2, -0.15) is 0 Å². The molecule has 0 aromatic carbocycles. The highest BCUT2D eigenvalue weighted by molar-refractivity contribution is 5.67. The van der Waals surface area contributed by atoms with Crippen LogP contribution in [0.2, 0.25) is 0 Å². The van der Waals surface area contributed by atoms with Crippen LogP contribution in [0.4, 0.5) is 4.79 Å². The summed E-state index contributed by atoms with van der Waals surface area (Å²) in [4.78, 5) is 11.6. The van der Waals surface area contributed by atoms with Crippen molar-refractivity contribution in [2.24, 2.45) is 5.41 Å². The summed E-state index contributed by atoms with van der Waals surface area (Å²) in [5.41, 5.74) is -0.486. The fraction of sp³-hybridized carbons (Fsp3) is 0.941. The van der Waals surface area contributed by atoms with Gasteiger partial charge in [0.05, 0.1) is 24.4 Å². The Balaban J connectivity index is 3.90. The zero-order chi connectivity index (χ0) is 17.4. The highest BCUT2D eigenvalue weighted by Gasteiger charge is 2.22. The first-order valence-electron chi connectivity index (χ1n) is 7.97. The maximum atomic E-state index is 11.6. The van der Waals surface area contributed by atoms with Crippen LogP contribution in [-0.4, -0.2) is 44.2 Å². The van der Waals surface area contributed by atoms with E-state index in [1.807, 2.05) is 48.5 Å². The molecule has 0 atom stereocenters. The highest BCUT2D eigenvalue weighted by Crippen LogP contribution is 2.18. The van der Waals surface area contributed by atoms with Gasteiger partial charge in [0.25, 0.3) is 0 Å². The van der Waals surface area contributed by atoms with Crippen molar-refractivity contribution < 1.29 is 19.0 Å². The minimum absolute atomic E-state index is 0.0200.